The van der Waals surface area contributed by atoms with Crippen LogP contribution >= 0.6 is 0 Å². The molecule has 0 amide bonds. The number of allylic oxidation sites excluding steroid dienone is 1. The molecule has 0 unspecified atom stereocenters. The Bertz CT molecular complexity index is 5450. The Labute approximate surface area is 533 Å². The van der Waals surface area contributed by atoms with E-state index < -0.39 is 0 Å². The van der Waals surface area contributed by atoms with Crippen molar-refractivity contribution in [1.29, 1.82) is 0 Å². The van der Waals surface area contributed by atoms with Gasteiger partial charge >= 0.3 is 0 Å². The highest BCUT2D eigenvalue weighted by Gasteiger charge is 2.41. The number of fused-ring (bicyclic) bond motifs is 16. The van der Waals surface area contributed by atoms with Crippen LogP contribution in [0.3, 0.4) is 0 Å². The lowest BCUT2D eigenvalue weighted by Crippen LogP contribution is -2.18. The molecule has 0 radical (unpaired) electrons. The van der Waals surface area contributed by atoms with Gasteiger partial charge in [0.15, 0.2) is 0 Å². The van der Waals surface area contributed by atoms with E-state index in [9.17, 15) is 0 Å². The molecular formula is C89H68N2. The van der Waals surface area contributed by atoms with E-state index >= 15 is 0 Å². The maximum atomic E-state index is 2.53. The first-order valence-corrected chi connectivity index (χ1v) is 32.5. The van der Waals surface area contributed by atoms with Gasteiger partial charge in [0.1, 0.15) is 0 Å². The van der Waals surface area contributed by atoms with Gasteiger partial charge in [-0.15, -0.1) is 0 Å². The summed E-state index contributed by atoms with van der Waals surface area (Å²) in [6.07, 6.45) is 6.94. The number of hydrogen-bond donors (Lipinski definition) is 0. The number of hydrogen-bond acceptors (Lipinski definition) is 2. The van der Waals surface area contributed by atoms with Crippen molar-refractivity contribution in [3.63, 3.8) is 0 Å². The molecule has 0 spiro atoms. The van der Waals surface area contributed by atoms with Gasteiger partial charge in [-0.1, -0.05) is 242 Å². The Morgan fingerprint density at radius 1 is 0.286 bits per heavy atom. The fraction of sp³-hybridized carbons (Fsp3) is 0.124. The lowest BCUT2D eigenvalue weighted by Gasteiger charge is -2.30. The van der Waals surface area contributed by atoms with Crippen LogP contribution in [0.5, 0.6) is 0 Å². The van der Waals surface area contributed by atoms with Crippen molar-refractivity contribution in [3.8, 4) is 55.6 Å². The first kappa shape index (κ1) is 53.5. The second-order valence-electron chi connectivity index (χ2n) is 27.5. The quantitative estimate of drug-likeness (QED) is 0.140. The van der Waals surface area contributed by atoms with E-state index in [0.717, 1.165) is 47.0 Å². The predicted octanol–water partition coefficient (Wildman–Crippen LogP) is 24.5. The predicted molar refractivity (Wildman–Crippen MR) is 387 cm³/mol. The molecule has 0 heterocycles. The Morgan fingerprint density at radius 3 is 1.49 bits per heavy atom. The first-order chi connectivity index (χ1) is 44.4. The molecule has 0 bridgehead atoms. The second-order valence-corrected chi connectivity index (χ2v) is 27.5. The van der Waals surface area contributed by atoms with E-state index in [2.05, 4.69) is 330 Å². The van der Waals surface area contributed by atoms with Crippen LogP contribution in [0, 0.1) is 0 Å². The van der Waals surface area contributed by atoms with Gasteiger partial charge in [0.25, 0.3) is 0 Å². The molecule has 0 fully saturated rings. The Morgan fingerprint density at radius 2 is 0.769 bits per heavy atom. The van der Waals surface area contributed by atoms with Crippen molar-refractivity contribution in [2.75, 3.05) is 9.80 Å². The number of aryl methyl sites for hydroxylation is 1. The topological polar surface area (TPSA) is 6.48 Å². The lowest BCUT2D eigenvalue weighted by molar-refractivity contribution is 0.657. The van der Waals surface area contributed by atoms with Crippen molar-refractivity contribution in [1.82, 2.24) is 0 Å². The van der Waals surface area contributed by atoms with Gasteiger partial charge in [-0.25, -0.2) is 0 Å². The van der Waals surface area contributed by atoms with E-state index in [4.69, 9.17) is 0 Å². The number of para-hydroxylation sites is 1. The summed E-state index contributed by atoms with van der Waals surface area (Å²) < 4.78 is 0. The Balaban J connectivity index is 0.887. The van der Waals surface area contributed by atoms with E-state index in [-0.39, 0.29) is 16.2 Å². The minimum Gasteiger partial charge on any atom is -0.310 e. The fourth-order valence-electron chi connectivity index (χ4n) is 17.1. The summed E-state index contributed by atoms with van der Waals surface area (Å²) in [5.41, 5.74) is 30.0. The van der Waals surface area contributed by atoms with Gasteiger partial charge in [-0.3, -0.25) is 0 Å². The highest BCUT2D eigenvalue weighted by atomic mass is 15.1. The molecule has 0 saturated carbocycles. The average molecular weight is 1170 g/mol. The van der Waals surface area contributed by atoms with E-state index in [1.165, 1.54) is 143 Å². The van der Waals surface area contributed by atoms with Crippen molar-refractivity contribution in [2.45, 2.75) is 70.6 Å². The van der Waals surface area contributed by atoms with Crippen LogP contribution in [0.4, 0.5) is 34.1 Å². The van der Waals surface area contributed by atoms with Gasteiger partial charge in [0, 0.05) is 50.4 Å². The summed E-state index contributed by atoms with van der Waals surface area (Å²) in [5.74, 6) is 0. The van der Waals surface area contributed by atoms with Crippen LogP contribution in [-0.2, 0) is 22.7 Å². The highest BCUT2D eigenvalue weighted by Crippen LogP contribution is 2.57. The molecular weight excluding hydrogens is 1100 g/mol. The van der Waals surface area contributed by atoms with Crippen molar-refractivity contribution in [3.05, 3.63) is 318 Å². The monoisotopic (exact) mass is 1160 g/mol. The minimum absolute atomic E-state index is 0.199. The summed E-state index contributed by atoms with van der Waals surface area (Å²) >= 11 is 0. The molecule has 2 heteroatoms. The zero-order chi connectivity index (χ0) is 61.1. The van der Waals surface area contributed by atoms with Gasteiger partial charge in [0.2, 0.25) is 0 Å². The molecule has 14 aromatic carbocycles. The van der Waals surface area contributed by atoms with Gasteiger partial charge in [-0.05, 0) is 235 Å². The molecule has 18 rings (SSSR count). The smallest absolute Gasteiger partial charge is 0.0468 e. The van der Waals surface area contributed by atoms with Crippen LogP contribution < -0.4 is 9.80 Å². The summed E-state index contributed by atoms with van der Waals surface area (Å²) in [4.78, 5) is 5.01. The Hall–Kier alpha value is -10.5. The van der Waals surface area contributed by atoms with Crippen LogP contribution in [0.1, 0.15) is 92.5 Å². The number of anilines is 6. The summed E-state index contributed by atoms with van der Waals surface area (Å²) in [6.45, 7) is 14.5. The summed E-state index contributed by atoms with van der Waals surface area (Å²) in [6, 6.07) is 102. The van der Waals surface area contributed by atoms with Gasteiger partial charge < -0.3 is 9.80 Å². The fourth-order valence-corrected chi connectivity index (χ4v) is 17.1. The SMILES string of the molecule is CC1(C)c2ccccc2-c2ccc(-c3c4ccc(N(c5ccc6c(c5)C(C)(C)c5c-6ccc6c5C=CCC6)c5ccc6ccccc6c5)cc4c(-c4ccccc4)c4ccc(N(c5ccccc5)c5ccc6c(c5)C(C)(C)c5c-6ccc6ccccc56)cc34)cc21. The average Bonchev–Trinajstić information content (AvgIpc) is 1.67. The zero-order valence-electron chi connectivity index (χ0n) is 52.4. The van der Waals surface area contributed by atoms with E-state index in [0.29, 0.717) is 0 Å². The maximum absolute atomic E-state index is 2.53. The van der Waals surface area contributed by atoms with Crippen LogP contribution in [0.15, 0.2) is 273 Å². The van der Waals surface area contributed by atoms with Crippen LogP contribution in [0.2, 0.25) is 0 Å². The zero-order valence-corrected chi connectivity index (χ0v) is 52.4. The molecule has 4 aliphatic rings. The van der Waals surface area contributed by atoms with Crippen LogP contribution in [-0.4, -0.2) is 0 Å². The van der Waals surface area contributed by atoms with E-state index in [1.54, 1.807) is 0 Å². The largest absolute Gasteiger partial charge is 0.310 e. The Kier molecular flexibility index (Phi) is 11.6. The van der Waals surface area contributed by atoms with Crippen molar-refractivity contribution >= 4 is 83.3 Å². The van der Waals surface area contributed by atoms with Gasteiger partial charge in [-0.2, -0.15) is 0 Å². The number of nitrogens with zero attached hydrogens (tertiary/aromatic N) is 2. The van der Waals surface area contributed by atoms with Gasteiger partial charge in [0.05, 0.1) is 0 Å². The highest BCUT2D eigenvalue weighted by molar-refractivity contribution is 6.23. The maximum Gasteiger partial charge on any atom is 0.0468 e. The van der Waals surface area contributed by atoms with Crippen LogP contribution in [0.25, 0.3) is 105 Å². The standard InChI is InChI=1S/C89H68N2/c1-87(2)79-32-20-19-31-69(79)70-42-36-60(50-80(70)87)84-74-48-41-64(91(62-37-33-55-21-13-14-26-59(55)49-62)66-39-46-72-76-44-35-57-23-16-18-30-68(57)86(76)89(5,6)82(72)54-66)52-77(74)83(58-24-9-7-10-25-58)73-47-40-63(51-78(73)84)90(61-27-11-8-12-28-61)65-38-45-71-75-43-34-56-22-15-17-29-67(56)85(75)88(3,4)81(71)53-65/h7-15,17-22,24-54H,16,23H2,1-6H3. The molecule has 0 N–H and O–H groups in total. The lowest BCUT2D eigenvalue weighted by atomic mass is 9.77. The molecule has 0 saturated heterocycles. The number of benzene rings is 14. The van der Waals surface area contributed by atoms with Crippen molar-refractivity contribution < 1.29 is 0 Å². The first-order valence-electron chi connectivity index (χ1n) is 32.5. The molecule has 0 aromatic heterocycles. The third-order valence-corrected chi connectivity index (χ3v) is 21.4. The molecule has 4 aliphatic carbocycles. The second kappa shape index (κ2) is 19.7. The molecule has 0 atom stereocenters. The molecule has 0 aliphatic heterocycles. The normalized spacial score (nSPS) is 14.8. The molecule has 91 heavy (non-hydrogen) atoms. The summed E-state index contributed by atoms with van der Waals surface area (Å²) in [5, 5.41) is 9.85. The van der Waals surface area contributed by atoms with Crippen molar-refractivity contribution in [2.24, 2.45) is 0 Å². The third kappa shape index (κ3) is 7.91. The third-order valence-electron chi connectivity index (χ3n) is 21.4. The minimum atomic E-state index is -0.228. The number of rotatable bonds is 8. The molecule has 434 valence electrons. The summed E-state index contributed by atoms with van der Waals surface area (Å²) in [7, 11) is 0. The molecule has 14 aromatic rings. The van der Waals surface area contributed by atoms with E-state index in [1.807, 2.05) is 0 Å². The molecule has 2 nitrogen and oxygen atoms in total.